The molecule has 0 spiro atoms. The van der Waals surface area contributed by atoms with Gasteiger partial charge in [0, 0.05) is 18.2 Å². The van der Waals surface area contributed by atoms with Crippen LogP contribution in [-0.2, 0) is 0 Å². The number of nitrogens with one attached hydrogen (secondary N) is 2. The summed E-state index contributed by atoms with van der Waals surface area (Å²) < 4.78 is 0. The molecular weight excluding hydrogens is 264 g/mol. The summed E-state index contributed by atoms with van der Waals surface area (Å²) in [4.78, 5) is 16.5. The lowest BCUT2D eigenvalue weighted by molar-refractivity contribution is 0.0939. The predicted octanol–water partition coefficient (Wildman–Crippen LogP) is 1.44. The van der Waals surface area contributed by atoms with Crippen molar-refractivity contribution in [1.82, 2.24) is 10.3 Å². The number of nitrogen functional groups attached to an aromatic ring is 1. The van der Waals surface area contributed by atoms with Crippen LogP contribution < -0.4 is 16.4 Å². The summed E-state index contributed by atoms with van der Waals surface area (Å²) >= 11 is 1.23. The second-order valence-electron chi connectivity index (χ2n) is 5.50. The molecule has 0 saturated carbocycles. The number of carbonyl (C=O) groups is 1. The largest absolute Gasteiger partial charge is 0.396 e. The van der Waals surface area contributed by atoms with Crippen molar-refractivity contribution in [2.45, 2.75) is 45.7 Å². The van der Waals surface area contributed by atoms with E-state index in [0.717, 1.165) is 0 Å². The fourth-order valence-corrected chi connectivity index (χ4v) is 2.42. The summed E-state index contributed by atoms with van der Waals surface area (Å²) in [5.74, 6) is -0.0247. The van der Waals surface area contributed by atoms with Gasteiger partial charge in [0.05, 0.1) is 0 Å². The predicted molar refractivity (Wildman–Crippen MR) is 78.5 cm³/mol. The van der Waals surface area contributed by atoms with E-state index in [4.69, 9.17) is 10.8 Å². The van der Waals surface area contributed by atoms with Crippen molar-refractivity contribution < 1.29 is 9.90 Å². The van der Waals surface area contributed by atoms with Crippen LogP contribution in [0.5, 0.6) is 0 Å². The summed E-state index contributed by atoms with van der Waals surface area (Å²) in [5, 5.41) is 15.4. The van der Waals surface area contributed by atoms with E-state index >= 15 is 0 Å². The molecule has 7 heteroatoms. The summed E-state index contributed by atoms with van der Waals surface area (Å²) in [5.41, 5.74) is 5.62. The van der Waals surface area contributed by atoms with Crippen LogP contribution in [0.1, 0.15) is 43.8 Å². The van der Waals surface area contributed by atoms with E-state index in [1.54, 1.807) is 0 Å². The minimum atomic E-state index is -0.252. The molecule has 1 aromatic heterocycles. The molecule has 1 heterocycles. The Labute approximate surface area is 117 Å². The zero-order valence-corrected chi connectivity index (χ0v) is 12.6. The van der Waals surface area contributed by atoms with E-state index in [0.29, 0.717) is 16.4 Å². The second kappa shape index (κ2) is 6.21. The Hall–Kier alpha value is -1.34. The third-order valence-corrected chi connectivity index (χ3v) is 3.27. The zero-order chi connectivity index (χ0) is 14.6. The van der Waals surface area contributed by atoms with Crippen LogP contribution >= 0.6 is 11.3 Å². The molecule has 0 bridgehead atoms. The molecule has 1 unspecified atom stereocenters. The van der Waals surface area contributed by atoms with Crippen LogP contribution in [0, 0.1) is 0 Å². The van der Waals surface area contributed by atoms with Gasteiger partial charge in [0.1, 0.15) is 10.7 Å². The first-order valence-electron chi connectivity index (χ1n) is 6.19. The lowest BCUT2D eigenvalue weighted by Crippen LogP contribution is -2.33. The molecule has 0 aliphatic carbocycles. The average molecular weight is 286 g/mol. The standard InChI is InChI=1S/C12H22N4O2S/c1-7(5-6-17)14-10(18)8-9(13)15-11(19-8)16-12(2,3)4/h7,17H,5-6,13H2,1-4H3,(H,14,18)(H,15,16). The van der Waals surface area contributed by atoms with Gasteiger partial charge in [0.15, 0.2) is 5.13 Å². The van der Waals surface area contributed by atoms with E-state index in [1.807, 2.05) is 27.7 Å². The number of rotatable bonds is 5. The van der Waals surface area contributed by atoms with Crippen LogP contribution in [0.2, 0.25) is 0 Å². The third kappa shape index (κ3) is 5.04. The number of amides is 1. The molecule has 0 aliphatic heterocycles. The van der Waals surface area contributed by atoms with Crippen molar-refractivity contribution >= 4 is 28.2 Å². The number of thiazole rings is 1. The van der Waals surface area contributed by atoms with E-state index < -0.39 is 0 Å². The first-order chi connectivity index (χ1) is 8.73. The number of aliphatic hydroxyl groups excluding tert-OH is 1. The van der Waals surface area contributed by atoms with Gasteiger partial charge in [-0.25, -0.2) is 4.98 Å². The smallest absolute Gasteiger partial charge is 0.265 e. The number of carbonyl (C=O) groups excluding carboxylic acids is 1. The molecule has 1 aromatic rings. The molecule has 1 rings (SSSR count). The van der Waals surface area contributed by atoms with Crippen molar-refractivity contribution in [2.75, 3.05) is 17.7 Å². The first-order valence-corrected chi connectivity index (χ1v) is 7.01. The normalized spacial score (nSPS) is 13.1. The Morgan fingerprint density at radius 3 is 2.68 bits per heavy atom. The molecule has 0 saturated heterocycles. The lowest BCUT2D eigenvalue weighted by Gasteiger charge is -2.19. The van der Waals surface area contributed by atoms with Gasteiger partial charge in [0.25, 0.3) is 5.91 Å². The van der Waals surface area contributed by atoms with Gasteiger partial charge in [-0.2, -0.15) is 0 Å². The second-order valence-corrected chi connectivity index (χ2v) is 6.49. The van der Waals surface area contributed by atoms with Gasteiger partial charge in [-0.05, 0) is 34.1 Å². The monoisotopic (exact) mass is 286 g/mol. The highest BCUT2D eigenvalue weighted by Crippen LogP contribution is 2.27. The number of aromatic nitrogens is 1. The molecular formula is C12H22N4O2S. The van der Waals surface area contributed by atoms with Crippen molar-refractivity contribution in [3.05, 3.63) is 4.88 Å². The van der Waals surface area contributed by atoms with Crippen molar-refractivity contribution in [1.29, 1.82) is 0 Å². The number of hydrogen-bond donors (Lipinski definition) is 4. The minimum Gasteiger partial charge on any atom is -0.396 e. The third-order valence-electron chi connectivity index (χ3n) is 2.28. The summed E-state index contributed by atoms with van der Waals surface area (Å²) in [6.07, 6.45) is 0.511. The Kier molecular flexibility index (Phi) is 5.13. The Morgan fingerprint density at radius 2 is 2.16 bits per heavy atom. The minimum absolute atomic E-state index is 0.0381. The van der Waals surface area contributed by atoms with Crippen molar-refractivity contribution in [3.63, 3.8) is 0 Å². The van der Waals surface area contributed by atoms with Gasteiger partial charge >= 0.3 is 0 Å². The highest BCUT2D eigenvalue weighted by Gasteiger charge is 2.20. The van der Waals surface area contributed by atoms with Gasteiger partial charge in [-0.1, -0.05) is 11.3 Å². The fraction of sp³-hybridized carbons (Fsp3) is 0.667. The number of nitrogens with zero attached hydrogens (tertiary/aromatic N) is 1. The number of anilines is 2. The Morgan fingerprint density at radius 1 is 1.53 bits per heavy atom. The quantitative estimate of drug-likeness (QED) is 0.656. The van der Waals surface area contributed by atoms with Crippen LogP contribution in [0.3, 0.4) is 0 Å². The van der Waals surface area contributed by atoms with E-state index in [2.05, 4.69) is 15.6 Å². The van der Waals surface area contributed by atoms with Crippen LogP contribution in [0.15, 0.2) is 0 Å². The lowest BCUT2D eigenvalue weighted by atomic mass is 10.1. The topological polar surface area (TPSA) is 100 Å². The molecule has 19 heavy (non-hydrogen) atoms. The van der Waals surface area contributed by atoms with Crippen molar-refractivity contribution in [3.8, 4) is 0 Å². The van der Waals surface area contributed by atoms with Crippen LogP contribution in [-0.4, -0.2) is 34.2 Å². The fourth-order valence-electron chi connectivity index (χ4n) is 1.42. The molecule has 5 N–H and O–H groups in total. The molecule has 1 amide bonds. The summed E-state index contributed by atoms with van der Waals surface area (Å²) in [6, 6.07) is -0.0991. The van der Waals surface area contributed by atoms with Gasteiger partial charge in [-0.15, -0.1) is 0 Å². The number of hydrogen-bond acceptors (Lipinski definition) is 6. The van der Waals surface area contributed by atoms with E-state index in [1.165, 1.54) is 11.3 Å². The molecule has 108 valence electrons. The van der Waals surface area contributed by atoms with Gasteiger partial charge < -0.3 is 21.5 Å². The maximum Gasteiger partial charge on any atom is 0.265 e. The molecule has 0 radical (unpaired) electrons. The summed E-state index contributed by atoms with van der Waals surface area (Å²) in [6.45, 7) is 7.89. The van der Waals surface area contributed by atoms with Crippen LogP contribution in [0.25, 0.3) is 0 Å². The van der Waals surface area contributed by atoms with Crippen molar-refractivity contribution in [2.24, 2.45) is 0 Å². The van der Waals surface area contributed by atoms with E-state index in [-0.39, 0.29) is 29.9 Å². The molecule has 0 fully saturated rings. The molecule has 6 nitrogen and oxygen atoms in total. The average Bonchev–Trinajstić information content (AvgIpc) is 2.56. The molecule has 0 aromatic carbocycles. The number of nitrogens with two attached hydrogens (primary N) is 1. The van der Waals surface area contributed by atoms with E-state index in [9.17, 15) is 4.79 Å². The SMILES string of the molecule is CC(CCO)NC(=O)c1sc(NC(C)(C)C)nc1N. The zero-order valence-electron chi connectivity index (χ0n) is 11.8. The highest BCUT2D eigenvalue weighted by molar-refractivity contribution is 7.18. The maximum absolute atomic E-state index is 12.0. The van der Waals surface area contributed by atoms with Crippen LogP contribution in [0.4, 0.5) is 10.9 Å². The molecule has 1 atom stereocenters. The van der Waals surface area contributed by atoms with Gasteiger partial charge in [-0.3, -0.25) is 4.79 Å². The number of aliphatic hydroxyl groups is 1. The highest BCUT2D eigenvalue weighted by atomic mass is 32.1. The first kappa shape index (κ1) is 15.7. The Bertz CT molecular complexity index is 439. The summed E-state index contributed by atoms with van der Waals surface area (Å²) in [7, 11) is 0. The maximum atomic E-state index is 12.0. The molecule has 0 aliphatic rings. The van der Waals surface area contributed by atoms with Gasteiger partial charge in [0.2, 0.25) is 0 Å². The Balaban J connectivity index is 2.75.